The molecule has 2 aromatic carbocycles. The van der Waals surface area contributed by atoms with Crippen molar-refractivity contribution >= 4 is 33.2 Å². The van der Waals surface area contributed by atoms with Crippen molar-refractivity contribution in [2.75, 3.05) is 23.3 Å². The first-order valence-corrected chi connectivity index (χ1v) is 7.79. The van der Waals surface area contributed by atoms with Gasteiger partial charge in [-0.2, -0.15) is 5.26 Å². The number of nitrogens with zero attached hydrogens (tertiary/aromatic N) is 2. The van der Waals surface area contributed by atoms with Crippen molar-refractivity contribution in [3.63, 3.8) is 0 Å². The smallest absolute Gasteiger partial charge is 0.246 e. The molecule has 0 unspecified atom stereocenters. The molecular weight excluding hydrogens is 342 g/mol. The average Bonchev–Trinajstić information content (AvgIpc) is 2.96. The minimum absolute atomic E-state index is 0.0467. The van der Waals surface area contributed by atoms with Crippen LogP contribution in [0.2, 0.25) is 0 Å². The Hall–Kier alpha value is -2.32. The molecule has 0 saturated carbocycles. The molecule has 0 aliphatic carbocycles. The number of benzene rings is 2. The molecule has 1 heterocycles. The number of hydrogen-bond acceptors (Lipinski definition) is 3. The number of amides is 1. The number of nitrogens with one attached hydrogen (secondary N) is 1. The number of halogens is 1. The quantitative estimate of drug-likeness (QED) is 0.918. The fraction of sp³-hybridized carbons (Fsp3) is 0.176. The third-order valence-corrected chi connectivity index (χ3v) is 4.19. The Kier molecular flexibility index (Phi) is 4.12. The molecule has 1 aliphatic rings. The molecule has 0 atom stereocenters. The lowest BCUT2D eigenvalue weighted by Crippen LogP contribution is -2.34. The second-order valence-corrected chi connectivity index (χ2v) is 6.03. The van der Waals surface area contributed by atoms with Gasteiger partial charge in [-0.1, -0.05) is 15.9 Å². The van der Waals surface area contributed by atoms with Gasteiger partial charge in [0.1, 0.15) is 0 Å². The number of rotatable bonds is 3. The van der Waals surface area contributed by atoms with Crippen molar-refractivity contribution in [2.24, 2.45) is 0 Å². The summed E-state index contributed by atoms with van der Waals surface area (Å²) in [5.74, 6) is 0.0467. The first kappa shape index (κ1) is 14.6. The van der Waals surface area contributed by atoms with E-state index in [1.54, 1.807) is 24.3 Å². The summed E-state index contributed by atoms with van der Waals surface area (Å²) in [5, 5.41) is 11.9. The highest BCUT2D eigenvalue weighted by atomic mass is 79.9. The van der Waals surface area contributed by atoms with Crippen LogP contribution in [-0.2, 0) is 11.2 Å². The van der Waals surface area contributed by atoms with Gasteiger partial charge < -0.3 is 10.2 Å². The van der Waals surface area contributed by atoms with Crippen molar-refractivity contribution < 1.29 is 4.79 Å². The highest BCUT2D eigenvalue weighted by molar-refractivity contribution is 9.10. The normalized spacial score (nSPS) is 12.6. The Morgan fingerprint density at radius 3 is 2.77 bits per heavy atom. The molecule has 0 radical (unpaired) electrons. The molecular formula is C17H14BrN3O. The van der Waals surface area contributed by atoms with Crippen LogP contribution in [0.1, 0.15) is 11.1 Å². The van der Waals surface area contributed by atoms with E-state index in [9.17, 15) is 4.79 Å². The van der Waals surface area contributed by atoms with Crippen molar-refractivity contribution in [1.29, 1.82) is 5.26 Å². The minimum Gasteiger partial charge on any atom is -0.376 e. The predicted octanol–water partition coefficient (Wildman–Crippen LogP) is 3.32. The third kappa shape index (κ3) is 2.97. The summed E-state index contributed by atoms with van der Waals surface area (Å²) < 4.78 is 1.04. The van der Waals surface area contributed by atoms with E-state index in [2.05, 4.69) is 33.4 Å². The molecule has 0 fully saturated rings. The number of carbonyl (C=O) groups is 1. The Morgan fingerprint density at radius 2 is 2.05 bits per heavy atom. The zero-order valence-electron chi connectivity index (χ0n) is 11.8. The van der Waals surface area contributed by atoms with Crippen LogP contribution in [-0.4, -0.2) is 19.0 Å². The van der Waals surface area contributed by atoms with Gasteiger partial charge in [0.05, 0.1) is 18.2 Å². The molecule has 110 valence electrons. The predicted molar refractivity (Wildman–Crippen MR) is 89.8 cm³/mol. The maximum absolute atomic E-state index is 12.4. The molecule has 1 amide bonds. The van der Waals surface area contributed by atoms with Crippen LogP contribution in [0.5, 0.6) is 0 Å². The lowest BCUT2D eigenvalue weighted by molar-refractivity contribution is -0.116. The van der Waals surface area contributed by atoms with Crippen molar-refractivity contribution in [1.82, 2.24) is 0 Å². The maximum Gasteiger partial charge on any atom is 0.246 e. The summed E-state index contributed by atoms with van der Waals surface area (Å²) in [7, 11) is 0. The Morgan fingerprint density at radius 1 is 1.27 bits per heavy atom. The molecule has 3 rings (SSSR count). The summed E-state index contributed by atoms with van der Waals surface area (Å²) in [6.45, 7) is 0.959. The molecule has 1 N–H and O–H groups in total. The van der Waals surface area contributed by atoms with E-state index in [-0.39, 0.29) is 12.5 Å². The second-order valence-electron chi connectivity index (χ2n) is 5.11. The van der Waals surface area contributed by atoms with Gasteiger partial charge in [0.25, 0.3) is 0 Å². The molecule has 1 aliphatic heterocycles. The Bertz CT molecular complexity index is 749. The van der Waals surface area contributed by atoms with E-state index >= 15 is 0 Å². The fourth-order valence-electron chi connectivity index (χ4n) is 2.57. The van der Waals surface area contributed by atoms with Gasteiger partial charge in [-0.25, -0.2) is 0 Å². The maximum atomic E-state index is 12.4. The van der Waals surface area contributed by atoms with E-state index < -0.39 is 0 Å². The Balaban J connectivity index is 1.65. The number of hydrogen-bond donors (Lipinski definition) is 1. The van der Waals surface area contributed by atoms with Gasteiger partial charge in [0, 0.05) is 22.4 Å². The third-order valence-electron chi connectivity index (χ3n) is 3.70. The zero-order valence-corrected chi connectivity index (χ0v) is 13.4. The molecule has 0 spiro atoms. The van der Waals surface area contributed by atoms with Crippen LogP contribution in [0.4, 0.5) is 11.4 Å². The summed E-state index contributed by atoms with van der Waals surface area (Å²) in [5.41, 5.74) is 3.63. The van der Waals surface area contributed by atoms with E-state index in [0.717, 1.165) is 28.8 Å². The van der Waals surface area contributed by atoms with Crippen LogP contribution >= 0.6 is 15.9 Å². The summed E-state index contributed by atoms with van der Waals surface area (Å²) >= 11 is 3.46. The molecule has 0 bridgehead atoms. The summed E-state index contributed by atoms with van der Waals surface area (Å²) in [4.78, 5) is 14.2. The lowest BCUT2D eigenvalue weighted by atomic mass is 10.2. The number of fused-ring (bicyclic) bond motifs is 1. The first-order chi connectivity index (χ1) is 10.7. The second kappa shape index (κ2) is 6.20. The van der Waals surface area contributed by atoms with Gasteiger partial charge in [0.2, 0.25) is 5.91 Å². The SMILES string of the molecule is N#Cc1ccc(NCC(=O)N2CCc3cc(Br)ccc32)cc1. The van der Waals surface area contributed by atoms with Crippen molar-refractivity contribution in [3.8, 4) is 6.07 Å². The van der Waals surface area contributed by atoms with Crippen LogP contribution in [0, 0.1) is 11.3 Å². The van der Waals surface area contributed by atoms with E-state index in [1.165, 1.54) is 5.56 Å². The van der Waals surface area contributed by atoms with Crippen LogP contribution in [0.3, 0.4) is 0 Å². The number of anilines is 2. The molecule has 4 nitrogen and oxygen atoms in total. The summed E-state index contributed by atoms with van der Waals surface area (Å²) in [6.07, 6.45) is 0.886. The standard InChI is InChI=1S/C17H14BrN3O/c18-14-3-6-16-13(9-14)7-8-21(16)17(22)11-20-15-4-1-12(10-19)2-5-15/h1-6,9,20H,7-8,11H2. The van der Waals surface area contributed by atoms with Gasteiger partial charge in [-0.05, 0) is 54.4 Å². The number of nitriles is 1. The first-order valence-electron chi connectivity index (χ1n) is 7.00. The highest BCUT2D eigenvalue weighted by Gasteiger charge is 2.24. The molecule has 0 aromatic heterocycles. The largest absolute Gasteiger partial charge is 0.376 e. The van der Waals surface area contributed by atoms with Crippen molar-refractivity contribution in [3.05, 3.63) is 58.1 Å². The average molecular weight is 356 g/mol. The lowest BCUT2D eigenvalue weighted by Gasteiger charge is -2.18. The van der Waals surface area contributed by atoms with Gasteiger partial charge in [-0.15, -0.1) is 0 Å². The molecule has 0 saturated heterocycles. The highest BCUT2D eigenvalue weighted by Crippen LogP contribution is 2.30. The van der Waals surface area contributed by atoms with Crippen molar-refractivity contribution in [2.45, 2.75) is 6.42 Å². The molecule has 2 aromatic rings. The van der Waals surface area contributed by atoms with Gasteiger partial charge >= 0.3 is 0 Å². The van der Waals surface area contributed by atoms with Crippen LogP contribution in [0.25, 0.3) is 0 Å². The van der Waals surface area contributed by atoms with E-state index in [1.807, 2.05) is 17.0 Å². The minimum atomic E-state index is 0.0467. The fourth-order valence-corrected chi connectivity index (χ4v) is 2.97. The van der Waals surface area contributed by atoms with Gasteiger partial charge in [-0.3, -0.25) is 4.79 Å². The molecule has 5 heteroatoms. The van der Waals surface area contributed by atoms with E-state index in [0.29, 0.717) is 5.56 Å². The van der Waals surface area contributed by atoms with E-state index in [4.69, 9.17) is 5.26 Å². The number of carbonyl (C=O) groups excluding carboxylic acids is 1. The Labute approximate surface area is 137 Å². The van der Waals surface area contributed by atoms with Crippen LogP contribution < -0.4 is 10.2 Å². The van der Waals surface area contributed by atoms with Crippen LogP contribution in [0.15, 0.2) is 46.9 Å². The topological polar surface area (TPSA) is 56.1 Å². The van der Waals surface area contributed by atoms with Gasteiger partial charge in [0.15, 0.2) is 0 Å². The molecule has 22 heavy (non-hydrogen) atoms. The zero-order chi connectivity index (χ0) is 15.5. The monoisotopic (exact) mass is 355 g/mol. The summed E-state index contributed by atoms with van der Waals surface area (Å²) in [6, 6.07) is 15.1.